The number of phenols is 2. The van der Waals surface area contributed by atoms with E-state index in [0.717, 1.165) is 24.0 Å². The van der Waals surface area contributed by atoms with Crippen molar-refractivity contribution in [2.45, 2.75) is 109 Å². The molecule has 2 nitrogen and oxygen atoms in total. The Labute approximate surface area is 189 Å². The minimum absolute atomic E-state index is 0.0915. The van der Waals surface area contributed by atoms with Crippen LogP contribution in [0.1, 0.15) is 115 Å². The summed E-state index contributed by atoms with van der Waals surface area (Å²) in [7, 11) is 0. The van der Waals surface area contributed by atoms with Gasteiger partial charge in [-0.25, -0.2) is 0 Å². The standard InChI is InChI=1S/C29H42O2/c1-27(2,3)23-19-21(13-15-25(23)30)29(17-11-9-7-8-10-12-18-29)22-14-16-26(31)24(20-22)28(4,5)6/h13-16,19-20,30-31H,7-12,17-18H2,1-6H3. The normalized spacial score (nSPS) is 18.1. The summed E-state index contributed by atoms with van der Waals surface area (Å²) in [6, 6.07) is 12.6. The summed E-state index contributed by atoms with van der Waals surface area (Å²) in [6.07, 6.45) is 9.82. The molecule has 0 atom stereocenters. The van der Waals surface area contributed by atoms with Gasteiger partial charge in [-0.1, -0.05) is 104 Å². The highest BCUT2D eigenvalue weighted by Crippen LogP contribution is 2.47. The molecule has 0 radical (unpaired) electrons. The maximum atomic E-state index is 10.6. The van der Waals surface area contributed by atoms with Gasteiger partial charge in [0.15, 0.2) is 0 Å². The van der Waals surface area contributed by atoms with Gasteiger partial charge >= 0.3 is 0 Å². The lowest BCUT2D eigenvalue weighted by molar-refractivity contribution is 0.404. The molecule has 1 saturated carbocycles. The van der Waals surface area contributed by atoms with Crippen LogP contribution in [0.25, 0.3) is 0 Å². The molecule has 31 heavy (non-hydrogen) atoms. The monoisotopic (exact) mass is 422 g/mol. The van der Waals surface area contributed by atoms with Crippen molar-refractivity contribution in [1.82, 2.24) is 0 Å². The maximum Gasteiger partial charge on any atom is 0.119 e. The Hall–Kier alpha value is -1.96. The van der Waals surface area contributed by atoms with E-state index in [1.165, 1.54) is 49.7 Å². The maximum absolute atomic E-state index is 10.6. The first kappa shape index (κ1) is 23.7. The molecular formula is C29H42O2. The van der Waals surface area contributed by atoms with E-state index in [9.17, 15) is 10.2 Å². The van der Waals surface area contributed by atoms with Crippen molar-refractivity contribution in [3.63, 3.8) is 0 Å². The highest BCUT2D eigenvalue weighted by molar-refractivity contribution is 5.50. The fraction of sp³-hybridized carbons (Fsp3) is 0.586. The van der Waals surface area contributed by atoms with Gasteiger partial charge in [-0.3, -0.25) is 0 Å². The fourth-order valence-electron chi connectivity index (χ4n) is 5.30. The predicted molar refractivity (Wildman–Crippen MR) is 131 cm³/mol. The topological polar surface area (TPSA) is 40.5 Å². The van der Waals surface area contributed by atoms with E-state index < -0.39 is 0 Å². The lowest BCUT2D eigenvalue weighted by Crippen LogP contribution is -2.29. The Kier molecular flexibility index (Phi) is 6.79. The van der Waals surface area contributed by atoms with Crippen LogP contribution < -0.4 is 0 Å². The van der Waals surface area contributed by atoms with Crippen LogP contribution in [0.15, 0.2) is 36.4 Å². The second-order valence-corrected chi connectivity index (χ2v) is 11.7. The number of aromatic hydroxyl groups is 2. The first-order chi connectivity index (χ1) is 14.4. The molecule has 1 aliphatic carbocycles. The van der Waals surface area contributed by atoms with Crippen LogP contribution in [-0.2, 0) is 16.2 Å². The van der Waals surface area contributed by atoms with E-state index >= 15 is 0 Å². The van der Waals surface area contributed by atoms with Crippen molar-refractivity contribution in [2.75, 3.05) is 0 Å². The van der Waals surface area contributed by atoms with Gasteiger partial charge in [0.05, 0.1) is 0 Å². The minimum atomic E-state index is -0.120. The first-order valence-electron chi connectivity index (χ1n) is 12.1. The molecule has 2 N–H and O–H groups in total. The van der Waals surface area contributed by atoms with E-state index in [1.807, 2.05) is 12.1 Å². The number of rotatable bonds is 2. The highest BCUT2D eigenvalue weighted by Gasteiger charge is 2.36. The third kappa shape index (κ3) is 5.10. The van der Waals surface area contributed by atoms with Gasteiger partial charge in [-0.2, -0.15) is 0 Å². The Morgan fingerprint density at radius 3 is 1.29 bits per heavy atom. The van der Waals surface area contributed by atoms with E-state index in [-0.39, 0.29) is 16.2 Å². The number of hydrogen-bond acceptors (Lipinski definition) is 2. The smallest absolute Gasteiger partial charge is 0.119 e. The minimum Gasteiger partial charge on any atom is -0.508 e. The van der Waals surface area contributed by atoms with Gasteiger partial charge in [-0.15, -0.1) is 0 Å². The summed E-state index contributed by atoms with van der Waals surface area (Å²) >= 11 is 0. The van der Waals surface area contributed by atoms with Crippen molar-refractivity contribution >= 4 is 0 Å². The molecule has 0 amide bonds. The molecule has 0 saturated heterocycles. The van der Waals surface area contributed by atoms with E-state index in [1.54, 1.807) is 0 Å². The molecule has 3 rings (SSSR count). The number of phenolic OH excluding ortho intramolecular Hbond substituents is 2. The molecule has 0 bridgehead atoms. The molecule has 170 valence electrons. The molecule has 0 unspecified atom stereocenters. The Bertz CT molecular complexity index is 820. The molecular weight excluding hydrogens is 380 g/mol. The average molecular weight is 423 g/mol. The molecule has 0 aliphatic heterocycles. The average Bonchev–Trinajstić information content (AvgIpc) is 2.79. The zero-order valence-corrected chi connectivity index (χ0v) is 20.5. The van der Waals surface area contributed by atoms with Crippen LogP contribution >= 0.6 is 0 Å². The highest BCUT2D eigenvalue weighted by atomic mass is 16.3. The molecule has 2 heteroatoms. The van der Waals surface area contributed by atoms with Crippen molar-refractivity contribution < 1.29 is 10.2 Å². The molecule has 2 aromatic carbocycles. The summed E-state index contributed by atoms with van der Waals surface area (Å²) in [4.78, 5) is 0. The summed E-state index contributed by atoms with van der Waals surface area (Å²) in [5.41, 5.74) is 4.31. The summed E-state index contributed by atoms with van der Waals surface area (Å²) in [5, 5.41) is 21.2. The van der Waals surface area contributed by atoms with Crippen LogP contribution in [0, 0.1) is 0 Å². The first-order valence-corrected chi connectivity index (χ1v) is 12.1. The van der Waals surface area contributed by atoms with E-state index in [2.05, 4.69) is 65.8 Å². The Balaban J connectivity index is 2.24. The third-order valence-electron chi connectivity index (χ3n) is 7.17. The summed E-state index contributed by atoms with van der Waals surface area (Å²) in [6.45, 7) is 13.0. The van der Waals surface area contributed by atoms with Gasteiger partial charge in [0.1, 0.15) is 11.5 Å². The SMILES string of the molecule is CC(C)(C)c1cc(C2(c3ccc(O)c(C(C)(C)C)c3)CCCCCCCC2)ccc1O. The van der Waals surface area contributed by atoms with Crippen LogP contribution in [0.2, 0.25) is 0 Å². The van der Waals surface area contributed by atoms with Crippen molar-refractivity contribution in [3.8, 4) is 11.5 Å². The lowest BCUT2D eigenvalue weighted by atomic mass is 9.66. The van der Waals surface area contributed by atoms with E-state index in [0.29, 0.717) is 11.5 Å². The summed E-state index contributed by atoms with van der Waals surface area (Å²) in [5.74, 6) is 0.770. The van der Waals surface area contributed by atoms with Crippen LogP contribution in [0.3, 0.4) is 0 Å². The Morgan fingerprint density at radius 1 is 0.581 bits per heavy atom. The van der Waals surface area contributed by atoms with Crippen LogP contribution in [0.4, 0.5) is 0 Å². The van der Waals surface area contributed by atoms with Crippen LogP contribution in [0.5, 0.6) is 11.5 Å². The zero-order valence-electron chi connectivity index (χ0n) is 20.5. The fourth-order valence-corrected chi connectivity index (χ4v) is 5.30. The van der Waals surface area contributed by atoms with E-state index in [4.69, 9.17) is 0 Å². The molecule has 1 fully saturated rings. The van der Waals surface area contributed by atoms with Crippen molar-refractivity contribution in [1.29, 1.82) is 0 Å². The van der Waals surface area contributed by atoms with Gasteiger partial charge in [0.2, 0.25) is 0 Å². The second kappa shape index (κ2) is 8.88. The lowest BCUT2D eigenvalue weighted by Gasteiger charge is -2.38. The van der Waals surface area contributed by atoms with Gasteiger partial charge < -0.3 is 10.2 Å². The molecule has 1 aliphatic rings. The van der Waals surface area contributed by atoms with Gasteiger partial charge in [0.25, 0.3) is 0 Å². The molecule has 0 aromatic heterocycles. The second-order valence-electron chi connectivity index (χ2n) is 11.7. The third-order valence-corrected chi connectivity index (χ3v) is 7.17. The molecule has 0 heterocycles. The predicted octanol–water partition coefficient (Wildman–Crippen LogP) is 8.11. The van der Waals surface area contributed by atoms with Gasteiger partial charge in [0, 0.05) is 5.41 Å². The van der Waals surface area contributed by atoms with Crippen molar-refractivity contribution in [2.24, 2.45) is 0 Å². The van der Waals surface area contributed by atoms with Gasteiger partial charge in [-0.05, 0) is 58.1 Å². The quantitative estimate of drug-likeness (QED) is 0.513. The van der Waals surface area contributed by atoms with Crippen LogP contribution in [-0.4, -0.2) is 10.2 Å². The number of benzene rings is 2. The molecule has 2 aromatic rings. The summed E-state index contributed by atoms with van der Waals surface area (Å²) < 4.78 is 0. The zero-order chi connectivity index (χ0) is 22.9. The largest absolute Gasteiger partial charge is 0.508 e. The molecule has 0 spiro atoms. The van der Waals surface area contributed by atoms with Crippen molar-refractivity contribution in [3.05, 3.63) is 58.7 Å². The Morgan fingerprint density at radius 2 is 0.935 bits per heavy atom. The number of hydrogen-bond donors (Lipinski definition) is 2.